The number of nitrogens with zero attached hydrogens (tertiary/aromatic N) is 4. The molecular weight excluding hydrogens is 472 g/mol. The number of aromatic nitrogens is 2. The normalized spacial score (nSPS) is 11.3. The largest absolute Gasteiger partial charge is 0.481 e. The molecule has 0 spiro atoms. The van der Waals surface area contributed by atoms with Gasteiger partial charge in [0.25, 0.3) is 5.91 Å². The molecule has 1 aromatic carbocycles. The van der Waals surface area contributed by atoms with Gasteiger partial charge in [0.05, 0.1) is 31.0 Å². The predicted octanol–water partition coefficient (Wildman–Crippen LogP) is 2.53. The minimum atomic E-state index is -3.80. The average molecular weight is 499 g/mol. The van der Waals surface area contributed by atoms with Crippen molar-refractivity contribution in [2.24, 2.45) is 0 Å². The van der Waals surface area contributed by atoms with Crippen LogP contribution in [0.15, 0.2) is 59.9 Å². The molecule has 184 valence electrons. The standard InChI is InChI=1S/C24H26N4O6S/c1-16-11-17(13-18(12-16)35(31,32)27(2)3)24(30)28(15-22(29)33-4)21-14-25-10-8-19(21)20-7-6-9-26-23(20)34-5/h6-14H,15H2,1-5H3. The van der Waals surface area contributed by atoms with Crippen LogP contribution in [-0.2, 0) is 19.6 Å². The molecule has 0 aliphatic heterocycles. The summed E-state index contributed by atoms with van der Waals surface area (Å²) in [7, 11) is 1.71. The van der Waals surface area contributed by atoms with Gasteiger partial charge in [-0.1, -0.05) is 0 Å². The third kappa shape index (κ3) is 5.47. The van der Waals surface area contributed by atoms with E-state index in [1.165, 1.54) is 51.5 Å². The maximum absolute atomic E-state index is 13.8. The number of hydrogen-bond donors (Lipinski definition) is 0. The summed E-state index contributed by atoms with van der Waals surface area (Å²) in [4.78, 5) is 35.6. The van der Waals surface area contributed by atoms with E-state index in [-0.39, 0.29) is 10.5 Å². The van der Waals surface area contributed by atoms with Gasteiger partial charge in [-0.2, -0.15) is 0 Å². The molecule has 10 nitrogen and oxygen atoms in total. The van der Waals surface area contributed by atoms with Gasteiger partial charge in [-0.3, -0.25) is 19.5 Å². The van der Waals surface area contributed by atoms with Gasteiger partial charge in [-0.15, -0.1) is 0 Å². The number of carbonyl (C=O) groups excluding carboxylic acids is 2. The quantitative estimate of drug-likeness (QED) is 0.435. The first-order valence-electron chi connectivity index (χ1n) is 10.5. The number of carbonyl (C=O) groups is 2. The number of esters is 1. The Morgan fingerprint density at radius 2 is 1.77 bits per heavy atom. The Kier molecular flexibility index (Phi) is 7.82. The number of hydrogen-bond acceptors (Lipinski definition) is 8. The van der Waals surface area contributed by atoms with Crippen LogP contribution in [0.4, 0.5) is 5.69 Å². The fraction of sp³-hybridized carbons (Fsp3) is 0.250. The van der Waals surface area contributed by atoms with Gasteiger partial charge in [0.1, 0.15) is 6.54 Å². The fourth-order valence-electron chi connectivity index (χ4n) is 3.43. The van der Waals surface area contributed by atoms with Crippen molar-refractivity contribution < 1.29 is 27.5 Å². The van der Waals surface area contributed by atoms with Gasteiger partial charge in [-0.05, 0) is 48.9 Å². The molecule has 0 fully saturated rings. The zero-order chi connectivity index (χ0) is 25.8. The van der Waals surface area contributed by atoms with E-state index in [0.29, 0.717) is 28.3 Å². The highest BCUT2D eigenvalue weighted by Gasteiger charge is 2.27. The van der Waals surface area contributed by atoms with E-state index in [2.05, 4.69) is 9.97 Å². The van der Waals surface area contributed by atoms with Crippen LogP contribution in [0, 0.1) is 6.92 Å². The monoisotopic (exact) mass is 498 g/mol. The van der Waals surface area contributed by atoms with Crippen molar-refractivity contribution in [3.63, 3.8) is 0 Å². The van der Waals surface area contributed by atoms with Gasteiger partial charge < -0.3 is 9.47 Å². The van der Waals surface area contributed by atoms with Crippen LogP contribution in [0.1, 0.15) is 15.9 Å². The minimum absolute atomic E-state index is 0.0378. The zero-order valence-corrected chi connectivity index (χ0v) is 20.9. The Bertz CT molecular complexity index is 1360. The van der Waals surface area contributed by atoms with E-state index in [1.54, 1.807) is 43.6 Å². The number of anilines is 1. The lowest BCUT2D eigenvalue weighted by atomic mass is 10.0. The third-order valence-electron chi connectivity index (χ3n) is 5.18. The molecule has 0 atom stereocenters. The highest BCUT2D eigenvalue weighted by molar-refractivity contribution is 7.89. The molecule has 0 unspecified atom stereocenters. The summed E-state index contributed by atoms with van der Waals surface area (Å²) >= 11 is 0. The van der Waals surface area contributed by atoms with Crippen molar-refractivity contribution in [3.8, 4) is 17.0 Å². The molecule has 3 rings (SSSR count). The average Bonchev–Trinajstić information content (AvgIpc) is 2.86. The lowest BCUT2D eigenvalue weighted by Gasteiger charge is -2.25. The number of benzene rings is 1. The summed E-state index contributed by atoms with van der Waals surface area (Å²) in [5.74, 6) is -0.952. The van der Waals surface area contributed by atoms with Crippen molar-refractivity contribution >= 4 is 27.6 Å². The molecule has 0 radical (unpaired) electrons. The zero-order valence-electron chi connectivity index (χ0n) is 20.0. The summed E-state index contributed by atoms with van der Waals surface area (Å²) in [6.45, 7) is 1.26. The molecule has 35 heavy (non-hydrogen) atoms. The molecular formula is C24H26N4O6S. The second kappa shape index (κ2) is 10.6. The molecule has 0 saturated carbocycles. The van der Waals surface area contributed by atoms with Crippen LogP contribution in [0.3, 0.4) is 0 Å². The van der Waals surface area contributed by atoms with Gasteiger partial charge in [0, 0.05) is 43.2 Å². The van der Waals surface area contributed by atoms with E-state index in [4.69, 9.17) is 9.47 Å². The molecule has 0 aliphatic rings. The maximum atomic E-state index is 13.8. The van der Waals surface area contributed by atoms with E-state index in [1.807, 2.05) is 0 Å². The number of rotatable bonds is 8. The van der Waals surface area contributed by atoms with Crippen LogP contribution < -0.4 is 9.64 Å². The Labute approximate surface area is 204 Å². The Hall–Kier alpha value is -3.83. The molecule has 0 aliphatic carbocycles. The molecule has 11 heteroatoms. The second-order valence-electron chi connectivity index (χ2n) is 7.74. The summed E-state index contributed by atoms with van der Waals surface area (Å²) < 4.78 is 36.7. The summed E-state index contributed by atoms with van der Waals surface area (Å²) in [5.41, 5.74) is 2.07. The van der Waals surface area contributed by atoms with Gasteiger partial charge in [-0.25, -0.2) is 17.7 Å². The predicted molar refractivity (Wildman–Crippen MR) is 130 cm³/mol. The third-order valence-corrected chi connectivity index (χ3v) is 6.97. The Balaban J connectivity index is 2.20. The van der Waals surface area contributed by atoms with E-state index < -0.39 is 28.4 Å². The molecule has 1 amide bonds. The molecule has 0 saturated heterocycles. The number of sulfonamides is 1. The SMILES string of the molecule is COC(=O)CN(C(=O)c1cc(C)cc(S(=O)(=O)N(C)C)c1)c1cnccc1-c1cccnc1OC. The van der Waals surface area contributed by atoms with E-state index in [0.717, 1.165) is 4.31 Å². The highest BCUT2D eigenvalue weighted by atomic mass is 32.2. The minimum Gasteiger partial charge on any atom is -0.481 e. The second-order valence-corrected chi connectivity index (χ2v) is 9.89. The van der Waals surface area contributed by atoms with Crippen molar-refractivity contribution in [1.29, 1.82) is 0 Å². The first kappa shape index (κ1) is 25.8. The van der Waals surface area contributed by atoms with E-state index in [9.17, 15) is 18.0 Å². The number of aryl methyl sites for hydroxylation is 1. The van der Waals surface area contributed by atoms with Gasteiger partial charge in [0.15, 0.2) is 0 Å². The van der Waals surface area contributed by atoms with Gasteiger partial charge >= 0.3 is 5.97 Å². The van der Waals surface area contributed by atoms with E-state index >= 15 is 0 Å². The van der Waals surface area contributed by atoms with Crippen molar-refractivity contribution in [3.05, 3.63) is 66.1 Å². The summed E-state index contributed by atoms with van der Waals surface area (Å²) in [5, 5.41) is 0. The molecule has 2 aromatic heterocycles. The Morgan fingerprint density at radius 1 is 1.03 bits per heavy atom. The van der Waals surface area contributed by atoms with Crippen LogP contribution in [0.25, 0.3) is 11.1 Å². The molecule has 3 aromatic rings. The molecule has 0 N–H and O–H groups in total. The van der Waals surface area contributed by atoms with Crippen molar-refractivity contribution in [2.75, 3.05) is 39.8 Å². The molecule has 2 heterocycles. The Morgan fingerprint density at radius 3 is 2.43 bits per heavy atom. The number of pyridine rings is 2. The lowest BCUT2D eigenvalue weighted by Crippen LogP contribution is -2.37. The first-order valence-corrected chi connectivity index (χ1v) is 11.9. The van der Waals surface area contributed by atoms with Crippen LogP contribution in [0.2, 0.25) is 0 Å². The lowest BCUT2D eigenvalue weighted by molar-refractivity contribution is -0.138. The van der Waals surface area contributed by atoms with Crippen molar-refractivity contribution in [2.45, 2.75) is 11.8 Å². The van der Waals surface area contributed by atoms with Crippen molar-refractivity contribution in [1.82, 2.24) is 14.3 Å². The topological polar surface area (TPSA) is 119 Å². The van der Waals surface area contributed by atoms with Crippen LogP contribution >= 0.6 is 0 Å². The first-order chi connectivity index (χ1) is 16.6. The van der Waals surface area contributed by atoms with Crippen LogP contribution in [-0.4, -0.2) is 69.4 Å². The molecule has 0 bridgehead atoms. The number of amides is 1. The smallest absolute Gasteiger partial charge is 0.325 e. The number of methoxy groups -OCH3 is 2. The summed E-state index contributed by atoms with van der Waals surface area (Å²) in [6, 6.07) is 9.47. The van der Waals surface area contributed by atoms with Crippen LogP contribution in [0.5, 0.6) is 5.88 Å². The fourth-order valence-corrected chi connectivity index (χ4v) is 4.47. The highest BCUT2D eigenvalue weighted by Crippen LogP contribution is 2.35. The number of ether oxygens (including phenoxy) is 2. The maximum Gasteiger partial charge on any atom is 0.325 e. The van der Waals surface area contributed by atoms with Gasteiger partial charge in [0.2, 0.25) is 15.9 Å². The summed E-state index contributed by atoms with van der Waals surface area (Å²) in [6.07, 6.45) is 4.55.